The summed E-state index contributed by atoms with van der Waals surface area (Å²) in [5.41, 5.74) is 3.69. The molecule has 0 N–H and O–H groups in total. The first kappa shape index (κ1) is 17.2. The van der Waals surface area contributed by atoms with Crippen LogP contribution in [-0.4, -0.2) is 30.1 Å². The number of nitrogens with zero attached hydrogens (tertiary/aromatic N) is 1. The molecule has 0 aromatic heterocycles. The van der Waals surface area contributed by atoms with E-state index in [1.54, 1.807) is 0 Å². The fourth-order valence-corrected chi connectivity index (χ4v) is 4.89. The van der Waals surface area contributed by atoms with Gasteiger partial charge in [-0.25, -0.2) is 0 Å². The van der Waals surface area contributed by atoms with E-state index >= 15 is 0 Å². The maximum absolute atomic E-state index is 12.9. The molecule has 2 aliphatic heterocycles. The van der Waals surface area contributed by atoms with Crippen molar-refractivity contribution in [1.82, 2.24) is 4.90 Å². The second-order valence-electron chi connectivity index (χ2n) is 7.65. The fourth-order valence-electron chi connectivity index (χ4n) is 4.89. The molecule has 28 heavy (non-hydrogen) atoms. The highest BCUT2D eigenvalue weighted by molar-refractivity contribution is 5.79. The molecule has 2 saturated heterocycles. The summed E-state index contributed by atoms with van der Waals surface area (Å²) in [5, 5.41) is 0. The SMILES string of the molecule is O=C1OC[C@H](c2ccccc2)N2C[C@H](c3ccccc3)[C@H](c3ccccc3)[C@@H]12. The number of morpholine rings is 1. The average molecular weight is 369 g/mol. The van der Waals surface area contributed by atoms with Crippen LogP contribution in [0.2, 0.25) is 0 Å². The van der Waals surface area contributed by atoms with Gasteiger partial charge >= 0.3 is 5.97 Å². The number of esters is 1. The lowest BCUT2D eigenvalue weighted by molar-refractivity contribution is -0.160. The van der Waals surface area contributed by atoms with Crippen LogP contribution < -0.4 is 0 Å². The summed E-state index contributed by atoms with van der Waals surface area (Å²) in [5.74, 6) is 0.243. The van der Waals surface area contributed by atoms with Gasteiger partial charge in [-0.2, -0.15) is 0 Å². The molecule has 2 fully saturated rings. The largest absolute Gasteiger partial charge is 0.462 e. The summed E-state index contributed by atoms with van der Waals surface area (Å²) in [6.07, 6.45) is 0. The van der Waals surface area contributed by atoms with Crippen molar-refractivity contribution in [3.8, 4) is 0 Å². The Labute approximate surface area is 165 Å². The van der Waals surface area contributed by atoms with Crippen molar-refractivity contribution >= 4 is 5.97 Å². The zero-order valence-electron chi connectivity index (χ0n) is 15.6. The van der Waals surface area contributed by atoms with Gasteiger partial charge in [0, 0.05) is 18.4 Å². The average Bonchev–Trinajstić information content (AvgIpc) is 3.17. The molecule has 0 amide bonds. The van der Waals surface area contributed by atoms with Gasteiger partial charge in [-0.1, -0.05) is 91.0 Å². The van der Waals surface area contributed by atoms with E-state index in [9.17, 15) is 4.79 Å². The Kier molecular flexibility index (Phi) is 4.46. The molecule has 2 aliphatic rings. The van der Waals surface area contributed by atoms with E-state index in [0.29, 0.717) is 6.61 Å². The molecule has 2 heterocycles. The highest BCUT2D eigenvalue weighted by Gasteiger charge is 2.52. The Hall–Kier alpha value is -2.91. The van der Waals surface area contributed by atoms with E-state index in [4.69, 9.17) is 4.74 Å². The van der Waals surface area contributed by atoms with Crippen LogP contribution in [0.25, 0.3) is 0 Å². The topological polar surface area (TPSA) is 29.5 Å². The Morgan fingerprint density at radius 2 is 1.25 bits per heavy atom. The monoisotopic (exact) mass is 369 g/mol. The third kappa shape index (κ3) is 2.92. The van der Waals surface area contributed by atoms with Crippen molar-refractivity contribution < 1.29 is 9.53 Å². The van der Waals surface area contributed by atoms with Gasteiger partial charge in [-0.3, -0.25) is 9.69 Å². The predicted octanol–water partition coefficient (Wildman–Crippen LogP) is 4.54. The van der Waals surface area contributed by atoms with E-state index in [0.717, 1.165) is 6.54 Å². The second-order valence-corrected chi connectivity index (χ2v) is 7.65. The first-order valence-corrected chi connectivity index (χ1v) is 9.90. The summed E-state index contributed by atoms with van der Waals surface area (Å²) in [4.78, 5) is 15.3. The number of hydrogen-bond acceptors (Lipinski definition) is 3. The summed E-state index contributed by atoms with van der Waals surface area (Å²) < 4.78 is 5.71. The first-order valence-electron chi connectivity index (χ1n) is 9.90. The number of cyclic esters (lactones) is 1. The smallest absolute Gasteiger partial charge is 0.324 e. The van der Waals surface area contributed by atoms with Gasteiger partial charge < -0.3 is 4.74 Å². The predicted molar refractivity (Wildman–Crippen MR) is 109 cm³/mol. The lowest BCUT2D eigenvalue weighted by Crippen LogP contribution is -2.48. The Bertz CT molecular complexity index is 942. The fraction of sp³-hybridized carbons (Fsp3) is 0.240. The molecule has 0 spiro atoms. The second kappa shape index (κ2) is 7.25. The van der Waals surface area contributed by atoms with Crippen molar-refractivity contribution in [2.24, 2.45) is 0 Å². The number of rotatable bonds is 3. The molecule has 0 aliphatic carbocycles. The quantitative estimate of drug-likeness (QED) is 0.635. The van der Waals surface area contributed by atoms with E-state index in [2.05, 4.69) is 77.7 Å². The molecule has 0 bridgehead atoms. The van der Waals surface area contributed by atoms with Crippen LogP contribution >= 0.6 is 0 Å². The minimum Gasteiger partial charge on any atom is -0.462 e. The number of benzene rings is 3. The zero-order chi connectivity index (χ0) is 18.9. The Morgan fingerprint density at radius 1 is 0.714 bits per heavy atom. The minimum absolute atomic E-state index is 0.0858. The van der Waals surface area contributed by atoms with Gasteiger partial charge in [0.05, 0.1) is 6.04 Å². The molecule has 140 valence electrons. The minimum atomic E-state index is -0.258. The molecule has 5 rings (SSSR count). The number of ether oxygens (including phenoxy) is 1. The van der Waals surface area contributed by atoms with Crippen LogP contribution in [0.4, 0.5) is 0 Å². The van der Waals surface area contributed by atoms with E-state index < -0.39 is 0 Å². The van der Waals surface area contributed by atoms with Gasteiger partial charge in [-0.05, 0) is 16.7 Å². The summed E-state index contributed by atoms with van der Waals surface area (Å²) in [6, 6.07) is 31.3. The van der Waals surface area contributed by atoms with Crippen molar-refractivity contribution in [1.29, 1.82) is 0 Å². The van der Waals surface area contributed by atoms with Crippen molar-refractivity contribution in [3.63, 3.8) is 0 Å². The molecule has 0 saturated carbocycles. The molecule has 0 radical (unpaired) electrons. The highest BCUT2D eigenvalue weighted by atomic mass is 16.5. The van der Waals surface area contributed by atoms with E-state index in [1.807, 2.05) is 18.2 Å². The van der Waals surface area contributed by atoms with Gasteiger partial charge in [0.25, 0.3) is 0 Å². The van der Waals surface area contributed by atoms with Crippen LogP contribution in [0.3, 0.4) is 0 Å². The molecular weight excluding hydrogens is 346 g/mol. The molecule has 3 nitrogen and oxygen atoms in total. The maximum atomic E-state index is 12.9. The third-order valence-electron chi connectivity index (χ3n) is 6.16. The molecule has 3 heteroatoms. The van der Waals surface area contributed by atoms with Gasteiger partial charge in [0.15, 0.2) is 0 Å². The maximum Gasteiger partial charge on any atom is 0.324 e. The van der Waals surface area contributed by atoms with E-state index in [-0.39, 0.29) is 29.9 Å². The highest BCUT2D eigenvalue weighted by Crippen LogP contribution is 2.49. The van der Waals surface area contributed by atoms with E-state index in [1.165, 1.54) is 16.7 Å². The lowest BCUT2D eigenvalue weighted by Gasteiger charge is -2.38. The van der Waals surface area contributed by atoms with Gasteiger partial charge in [-0.15, -0.1) is 0 Å². The summed E-state index contributed by atoms with van der Waals surface area (Å²) >= 11 is 0. The molecule has 0 unspecified atom stereocenters. The van der Waals surface area contributed by atoms with Crippen molar-refractivity contribution in [2.75, 3.05) is 13.2 Å². The molecular formula is C25H23NO2. The lowest BCUT2D eigenvalue weighted by atomic mass is 9.80. The third-order valence-corrected chi connectivity index (χ3v) is 6.16. The number of hydrogen-bond donors (Lipinski definition) is 0. The van der Waals surface area contributed by atoms with Crippen LogP contribution in [0.1, 0.15) is 34.6 Å². The Morgan fingerprint density at radius 3 is 1.86 bits per heavy atom. The Balaban J connectivity index is 1.60. The molecule has 4 atom stereocenters. The van der Waals surface area contributed by atoms with Crippen LogP contribution in [0.5, 0.6) is 0 Å². The summed E-state index contributed by atoms with van der Waals surface area (Å²) in [6.45, 7) is 1.27. The molecule has 3 aromatic rings. The number of carbonyl (C=O) groups excluding carboxylic acids is 1. The van der Waals surface area contributed by atoms with Gasteiger partial charge in [0.2, 0.25) is 0 Å². The zero-order valence-corrected chi connectivity index (χ0v) is 15.6. The number of carbonyl (C=O) groups is 1. The van der Waals surface area contributed by atoms with Crippen LogP contribution in [-0.2, 0) is 9.53 Å². The van der Waals surface area contributed by atoms with Gasteiger partial charge in [0.1, 0.15) is 12.6 Å². The standard InChI is InChI=1S/C25H23NO2/c27-25-24-23(20-14-8-3-9-15-20)21(18-10-4-1-5-11-18)16-26(24)22(17-28-25)19-12-6-2-7-13-19/h1-15,21-24H,16-17H2/t21-,22-,23+,24+/m1/s1. The normalized spacial score (nSPS) is 27.2. The van der Waals surface area contributed by atoms with Crippen molar-refractivity contribution in [2.45, 2.75) is 23.9 Å². The van der Waals surface area contributed by atoms with Crippen LogP contribution in [0, 0.1) is 0 Å². The van der Waals surface area contributed by atoms with Crippen molar-refractivity contribution in [3.05, 3.63) is 108 Å². The number of fused-ring (bicyclic) bond motifs is 1. The van der Waals surface area contributed by atoms with Crippen LogP contribution in [0.15, 0.2) is 91.0 Å². The first-order chi connectivity index (χ1) is 13.8. The molecule has 3 aromatic carbocycles. The summed E-state index contributed by atoms with van der Waals surface area (Å²) in [7, 11) is 0.